The summed E-state index contributed by atoms with van der Waals surface area (Å²) >= 11 is 0. The largest absolute Gasteiger partial charge is 0.494 e. The molecule has 39 heavy (non-hydrogen) atoms. The molecular weight excluding hydrogens is 492 g/mol. The van der Waals surface area contributed by atoms with Crippen molar-refractivity contribution in [2.45, 2.75) is 71.1 Å². The fraction of sp³-hybridized carbons (Fsp3) is 0.394. The van der Waals surface area contributed by atoms with Crippen LogP contribution in [0.3, 0.4) is 0 Å². The number of carboxylic acids is 1. The normalized spacial score (nSPS) is 10.8. The van der Waals surface area contributed by atoms with Gasteiger partial charge in [-0.25, -0.2) is 9.59 Å². The Morgan fingerprint density at radius 1 is 0.769 bits per heavy atom. The zero-order valence-corrected chi connectivity index (χ0v) is 22.9. The molecular formula is C33H40O6. The van der Waals surface area contributed by atoms with Gasteiger partial charge in [0.1, 0.15) is 11.5 Å². The minimum absolute atomic E-state index is 0.0976. The highest BCUT2D eigenvalue weighted by molar-refractivity contribution is 6.00. The molecule has 0 aliphatic rings. The molecule has 0 heterocycles. The van der Waals surface area contributed by atoms with Crippen molar-refractivity contribution in [1.29, 1.82) is 0 Å². The third kappa shape index (κ3) is 9.25. The number of benzene rings is 3. The number of aryl methyl sites for hydroxylation is 1. The van der Waals surface area contributed by atoms with E-state index in [1.807, 2.05) is 30.3 Å². The van der Waals surface area contributed by atoms with Gasteiger partial charge in [-0.3, -0.25) is 0 Å². The zero-order chi connectivity index (χ0) is 27.9. The van der Waals surface area contributed by atoms with Crippen LogP contribution in [0, 0.1) is 0 Å². The number of hydrogen-bond donors (Lipinski definition) is 2. The molecule has 208 valence electrons. The van der Waals surface area contributed by atoms with Crippen LogP contribution in [0.15, 0.2) is 66.7 Å². The van der Waals surface area contributed by atoms with Crippen LogP contribution in [0.25, 0.3) is 11.1 Å². The van der Waals surface area contributed by atoms with Gasteiger partial charge in [0, 0.05) is 12.2 Å². The van der Waals surface area contributed by atoms with Gasteiger partial charge < -0.3 is 19.7 Å². The Morgan fingerprint density at radius 2 is 1.46 bits per heavy atom. The van der Waals surface area contributed by atoms with E-state index in [4.69, 9.17) is 14.6 Å². The number of aromatic carboxylic acids is 1. The number of unbranched alkanes of at least 4 members (excludes halogenated alkanes) is 7. The Balaban J connectivity index is 1.74. The maximum absolute atomic E-state index is 13.3. The lowest BCUT2D eigenvalue weighted by Gasteiger charge is -2.18. The second kappa shape index (κ2) is 16.4. The highest BCUT2D eigenvalue weighted by Crippen LogP contribution is 2.38. The van der Waals surface area contributed by atoms with E-state index in [0.29, 0.717) is 41.2 Å². The summed E-state index contributed by atoms with van der Waals surface area (Å²) in [6.07, 6.45) is 9.88. The molecule has 0 spiro atoms. The molecule has 0 aromatic heterocycles. The van der Waals surface area contributed by atoms with Crippen molar-refractivity contribution in [3.63, 3.8) is 0 Å². The molecule has 3 aromatic carbocycles. The maximum atomic E-state index is 13.3. The minimum atomic E-state index is -1.07. The smallest absolute Gasteiger partial charge is 0.343 e. The molecule has 0 fully saturated rings. The Labute approximate surface area is 231 Å². The van der Waals surface area contributed by atoms with Crippen molar-refractivity contribution in [2.75, 3.05) is 13.2 Å². The van der Waals surface area contributed by atoms with Crippen molar-refractivity contribution in [2.24, 2.45) is 0 Å². The van der Waals surface area contributed by atoms with Gasteiger partial charge in [-0.2, -0.15) is 0 Å². The summed E-state index contributed by atoms with van der Waals surface area (Å²) in [4.78, 5) is 25.4. The quantitative estimate of drug-likeness (QED) is 0.105. The van der Waals surface area contributed by atoms with E-state index in [1.54, 1.807) is 36.4 Å². The second-order valence-electron chi connectivity index (χ2n) is 9.71. The third-order valence-electron chi connectivity index (χ3n) is 6.69. The standard InChI is InChI=1S/C33H40O6/c1-2-3-9-16-26-19-22-29(32(35)36)30(25-14-10-8-11-15-25)31(26)39-33(37)27-17-20-28(21-18-27)38-24-13-7-5-4-6-12-23-34/h8,10-11,14-15,17-22,34H,2-7,9,12-13,16,23-24H2,1H3,(H,35,36). The van der Waals surface area contributed by atoms with E-state index in [1.165, 1.54) is 0 Å². The van der Waals surface area contributed by atoms with Crippen LogP contribution in [-0.2, 0) is 6.42 Å². The molecule has 2 N–H and O–H groups in total. The summed E-state index contributed by atoms with van der Waals surface area (Å²) in [7, 11) is 0. The molecule has 3 aromatic rings. The zero-order valence-electron chi connectivity index (χ0n) is 22.9. The first-order valence-corrected chi connectivity index (χ1v) is 14.1. The van der Waals surface area contributed by atoms with Gasteiger partial charge in [0.2, 0.25) is 0 Å². The Morgan fingerprint density at radius 3 is 2.13 bits per heavy atom. The summed E-state index contributed by atoms with van der Waals surface area (Å²) in [5.74, 6) is -0.620. The number of hydrogen-bond acceptors (Lipinski definition) is 5. The van der Waals surface area contributed by atoms with Crippen LogP contribution in [0.5, 0.6) is 11.5 Å². The van der Waals surface area contributed by atoms with Crippen LogP contribution in [0.1, 0.15) is 91.0 Å². The van der Waals surface area contributed by atoms with Gasteiger partial charge in [-0.15, -0.1) is 0 Å². The monoisotopic (exact) mass is 532 g/mol. The van der Waals surface area contributed by atoms with Crippen LogP contribution in [0.4, 0.5) is 0 Å². The van der Waals surface area contributed by atoms with Crippen molar-refractivity contribution >= 4 is 11.9 Å². The van der Waals surface area contributed by atoms with Crippen LogP contribution >= 0.6 is 0 Å². The van der Waals surface area contributed by atoms with E-state index in [2.05, 4.69) is 6.92 Å². The van der Waals surface area contributed by atoms with Gasteiger partial charge in [0.15, 0.2) is 0 Å². The number of aliphatic hydroxyl groups excluding tert-OH is 1. The Kier molecular flexibility index (Phi) is 12.5. The van der Waals surface area contributed by atoms with E-state index < -0.39 is 11.9 Å². The summed E-state index contributed by atoms with van der Waals surface area (Å²) in [6, 6.07) is 19.4. The van der Waals surface area contributed by atoms with Gasteiger partial charge in [0.25, 0.3) is 0 Å². The summed E-state index contributed by atoms with van der Waals surface area (Å²) in [6.45, 7) is 2.99. The molecule has 0 atom stereocenters. The molecule has 0 amide bonds. The predicted octanol–water partition coefficient (Wildman–Crippen LogP) is 7.72. The van der Waals surface area contributed by atoms with Crippen molar-refractivity contribution < 1.29 is 29.3 Å². The van der Waals surface area contributed by atoms with Crippen molar-refractivity contribution in [1.82, 2.24) is 0 Å². The number of carboxylic acid groups (broad SMARTS) is 1. The Bertz CT molecular complexity index is 1170. The molecule has 0 unspecified atom stereocenters. The number of rotatable bonds is 17. The van der Waals surface area contributed by atoms with Gasteiger partial charge in [0.05, 0.1) is 17.7 Å². The van der Waals surface area contributed by atoms with Crippen LogP contribution < -0.4 is 9.47 Å². The van der Waals surface area contributed by atoms with E-state index in [0.717, 1.165) is 63.4 Å². The summed E-state index contributed by atoms with van der Waals surface area (Å²) in [5.41, 5.74) is 2.39. The summed E-state index contributed by atoms with van der Waals surface area (Å²) in [5, 5.41) is 18.8. The molecule has 6 heteroatoms. The molecule has 0 aliphatic carbocycles. The molecule has 6 nitrogen and oxygen atoms in total. The van der Waals surface area contributed by atoms with Crippen LogP contribution in [0.2, 0.25) is 0 Å². The number of carbonyl (C=O) groups is 2. The summed E-state index contributed by atoms with van der Waals surface area (Å²) < 4.78 is 11.8. The first kappa shape index (κ1) is 29.9. The minimum Gasteiger partial charge on any atom is -0.494 e. The average Bonchev–Trinajstić information content (AvgIpc) is 2.95. The number of aliphatic hydroxyl groups is 1. The first-order chi connectivity index (χ1) is 19.0. The topological polar surface area (TPSA) is 93.1 Å². The SMILES string of the molecule is CCCCCc1ccc(C(=O)O)c(-c2ccccc2)c1OC(=O)c1ccc(OCCCCCCCCO)cc1. The van der Waals surface area contributed by atoms with E-state index in [9.17, 15) is 14.7 Å². The average molecular weight is 533 g/mol. The fourth-order valence-corrected chi connectivity index (χ4v) is 4.52. The molecule has 3 rings (SSSR count). The molecule has 0 bridgehead atoms. The lowest BCUT2D eigenvalue weighted by atomic mass is 9.93. The lowest BCUT2D eigenvalue weighted by Crippen LogP contribution is -2.13. The van der Waals surface area contributed by atoms with E-state index in [-0.39, 0.29) is 12.2 Å². The molecule has 0 radical (unpaired) electrons. The van der Waals surface area contributed by atoms with Crippen molar-refractivity contribution in [3.05, 3.63) is 83.4 Å². The molecule has 0 aliphatic heterocycles. The van der Waals surface area contributed by atoms with Gasteiger partial charge in [-0.1, -0.05) is 81.8 Å². The first-order valence-electron chi connectivity index (χ1n) is 14.1. The second-order valence-corrected chi connectivity index (χ2v) is 9.71. The Hall–Kier alpha value is -3.64. The highest BCUT2D eigenvalue weighted by Gasteiger charge is 2.23. The maximum Gasteiger partial charge on any atom is 0.343 e. The van der Waals surface area contributed by atoms with Gasteiger partial charge in [-0.05, 0) is 67.1 Å². The molecule has 0 saturated carbocycles. The number of ether oxygens (including phenoxy) is 2. The van der Waals surface area contributed by atoms with E-state index >= 15 is 0 Å². The highest BCUT2D eigenvalue weighted by atomic mass is 16.5. The fourth-order valence-electron chi connectivity index (χ4n) is 4.52. The third-order valence-corrected chi connectivity index (χ3v) is 6.69. The lowest BCUT2D eigenvalue weighted by molar-refractivity contribution is 0.0688. The number of esters is 1. The van der Waals surface area contributed by atoms with Crippen molar-refractivity contribution in [3.8, 4) is 22.6 Å². The van der Waals surface area contributed by atoms with Crippen LogP contribution in [-0.4, -0.2) is 35.4 Å². The van der Waals surface area contributed by atoms with Gasteiger partial charge >= 0.3 is 11.9 Å². The molecule has 0 saturated heterocycles. The number of carbonyl (C=O) groups excluding carboxylic acids is 1. The predicted molar refractivity (Wildman–Crippen MR) is 154 cm³/mol.